The first-order valence-corrected chi connectivity index (χ1v) is 7.75. The Labute approximate surface area is 126 Å². The van der Waals surface area contributed by atoms with Gasteiger partial charge in [-0.3, -0.25) is 0 Å². The van der Waals surface area contributed by atoms with Gasteiger partial charge in [0.05, 0.1) is 19.8 Å². The topological polar surface area (TPSA) is 52.9 Å². The normalized spacial score (nSPS) is 14.8. The fourth-order valence-corrected chi connectivity index (χ4v) is 2.04. The minimum Gasteiger partial charge on any atom is -0.462 e. The Morgan fingerprint density at radius 3 is 2.76 bits per heavy atom. The van der Waals surface area contributed by atoms with Crippen LogP contribution in [-0.2, 0) is 27.4 Å². The van der Waals surface area contributed by atoms with Crippen molar-refractivity contribution in [2.45, 2.75) is 45.4 Å². The third-order valence-corrected chi connectivity index (χ3v) is 3.45. The van der Waals surface area contributed by atoms with E-state index in [1.165, 1.54) is 18.4 Å². The molecule has 1 N–H and O–H groups in total. The molecular formula is C16H27NO4. The van der Waals surface area contributed by atoms with Gasteiger partial charge in [0, 0.05) is 26.4 Å². The molecule has 5 nitrogen and oxygen atoms in total. The second-order valence-corrected chi connectivity index (χ2v) is 5.49. The van der Waals surface area contributed by atoms with Crippen molar-refractivity contribution in [1.29, 1.82) is 0 Å². The Morgan fingerprint density at radius 1 is 1.19 bits per heavy atom. The summed E-state index contributed by atoms with van der Waals surface area (Å²) in [6.07, 6.45) is 3.48. The molecule has 0 unspecified atom stereocenters. The zero-order chi connectivity index (χ0) is 14.9. The van der Waals surface area contributed by atoms with E-state index in [9.17, 15) is 0 Å². The second-order valence-electron chi connectivity index (χ2n) is 5.49. The molecule has 1 heterocycles. The summed E-state index contributed by atoms with van der Waals surface area (Å²) in [4.78, 5) is 0. The van der Waals surface area contributed by atoms with Crippen LogP contribution in [0.25, 0.3) is 0 Å². The van der Waals surface area contributed by atoms with Gasteiger partial charge in [-0.2, -0.15) is 0 Å². The molecule has 0 aliphatic heterocycles. The fraction of sp³-hybridized carbons (Fsp3) is 0.750. The lowest BCUT2D eigenvalue weighted by atomic mass is 10.2. The minimum absolute atomic E-state index is 0.530. The van der Waals surface area contributed by atoms with E-state index in [1.54, 1.807) is 7.11 Å². The average Bonchev–Trinajstić information content (AvgIpc) is 3.23. The zero-order valence-corrected chi connectivity index (χ0v) is 13.2. The maximum Gasteiger partial charge on any atom is 0.130 e. The summed E-state index contributed by atoms with van der Waals surface area (Å²) in [6.45, 7) is 6.11. The van der Waals surface area contributed by atoms with Crippen molar-refractivity contribution in [2.24, 2.45) is 0 Å². The molecule has 1 aliphatic rings. The van der Waals surface area contributed by atoms with Crippen molar-refractivity contribution in [3.63, 3.8) is 0 Å². The van der Waals surface area contributed by atoms with Gasteiger partial charge < -0.3 is 23.9 Å². The van der Waals surface area contributed by atoms with Crippen LogP contribution in [-0.4, -0.2) is 39.6 Å². The number of aryl methyl sites for hydroxylation is 1. The number of furan rings is 1. The summed E-state index contributed by atoms with van der Waals surface area (Å²) in [7, 11) is 1.67. The largest absolute Gasteiger partial charge is 0.462 e. The van der Waals surface area contributed by atoms with Crippen LogP contribution in [0.5, 0.6) is 0 Å². The first-order valence-electron chi connectivity index (χ1n) is 7.75. The third kappa shape index (κ3) is 6.61. The van der Waals surface area contributed by atoms with Crippen molar-refractivity contribution in [2.75, 3.05) is 33.5 Å². The number of methoxy groups -OCH3 is 1. The standard InChI is InChI=1S/C16H27NO4/c1-13-10-15(21-16(13)11-17-14-4-5-14)12-20-7-3-6-19-9-8-18-2/h10,14,17H,3-9,11-12H2,1-2H3. The molecule has 0 aromatic carbocycles. The lowest BCUT2D eigenvalue weighted by Crippen LogP contribution is -2.15. The number of hydrogen-bond acceptors (Lipinski definition) is 5. The molecule has 21 heavy (non-hydrogen) atoms. The molecule has 1 saturated carbocycles. The van der Waals surface area contributed by atoms with E-state index in [-0.39, 0.29) is 0 Å². The van der Waals surface area contributed by atoms with Gasteiger partial charge in [-0.25, -0.2) is 0 Å². The molecule has 1 aromatic heterocycles. The Kier molecular flexibility index (Phi) is 7.23. The van der Waals surface area contributed by atoms with Crippen molar-refractivity contribution >= 4 is 0 Å². The highest BCUT2D eigenvalue weighted by atomic mass is 16.5. The lowest BCUT2D eigenvalue weighted by Gasteiger charge is -2.04. The maximum atomic E-state index is 5.82. The number of hydrogen-bond donors (Lipinski definition) is 1. The van der Waals surface area contributed by atoms with Crippen LogP contribution in [0.2, 0.25) is 0 Å². The molecule has 1 aliphatic carbocycles. The van der Waals surface area contributed by atoms with Gasteiger partial charge in [-0.15, -0.1) is 0 Å². The van der Waals surface area contributed by atoms with Gasteiger partial charge in [0.2, 0.25) is 0 Å². The molecule has 1 aromatic rings. The smallest absolute Gasteiger partial charge is 0.130 e. The quantitative estimate of drug-likeness (QED) is 0.600. The van der Waals surface area contributed by atoms with Crippen LogP contribution < -0.4 is 5.32 Å². The molecule has 0 radical (unpaired) electrons. The van der Waals surface area contributed by atoms with E-state index in [0.717, 1.165) is 24.5 Å². The third-order valence-electron chi connectivity index (χ3n) is 3.45. The minimum atomic E-state index is 0.530. The van der Waals surface area contributed by atoms with Gasteiger partial charge in [0.25, 0.3) is 0 Å². The Hall–Kier alpha value is -0.880. The van der Waals surface area contributed by atoms with Crippen LogP contribution in [0.1, 0.15) is 36.3 Å². The summed E-state index contributed by atoms with van der Waals surface area (Å²) in [6, 6.07) is 2.77. The Balaban J connectivity index is 1.54. The van der Waals surface area contributed by atoms with Crippen LogP contribution in [0.3, 0.4) is 0 Å². The van der Waals surface area contributed by atoms with E-state index >= 15 is 0 Å². The highest BCUT2D eigenvalue weighted by Crippen LogP contribution is 2.21. The van der Waals surface area contributed by atoms with Crippen molar-refractivity contribution in [3.8, 4) is 0 Å². The van der Waals surface area contributed by atoms with E-state index in [1.807, 2.05) is 0 Å². The lowest BCUT2D eigenvalue weighted by molar-refractivity contribution is 0.0451. The van der Waals surface area contributed by atoms with Crippen LogP contribution in [0, 0.1) is 6.92 Å². The monoisotopic (exact) mass is 297 g/mol. The van der Waals surface area contributed by atoms with Crippen LogP contribution in [0.15, 0.2) is 10.5 Å². The van der Waals surface area contributed by atoms with Crippen LogP contribution >= 0.6 is 0 Å². The molecule has 2 rings (SSSR count). The predicted octanol–water partition coefficient (Wildman–Crippen LogP) is 2.41. The molecule has 0 amide bonds. The van der Waals surface area contributed by atoms with E-state index in [4.69, 9.17) is 18.6 Å². The molecule has 1 fully saturated rings. The highest BCUT2D eigenvalue weighted by molar-refractivity contribution is 5.19. The average molecular weight is 297 g/mol. The second kappa shape index (κ2) is 9.20. The van der Waals surface area contributed by atoms with Gasteiger partial charge in [-0.05, 0) is 37.8 Å². The molecule has 0 saturated heterocycles. The van der Waals surface area contributed by atoms with Gasteiger partial charge >= 0.3 is 0 Å². The molecule has 0 spiro atoms. The SMILES string of the molecule is COCCOCCCOCc1cc(C)c(CNC2CC2)o1. The molecule has 0 bridgehead atoms. The van der Waals surface area contributed by atoms with Crippen molar-refractivity contribution in [1.82, 2.24) is 5.32 Å². The zero-order valence-electron chi connectivity index (χ0n) is 13.2. The summed E-state index contributed by atoms with van der Waals surface area (Å²) in [5.41, 5.74) is 1.20. The fourth-order valence-electron chi connectivity index (χ4n) is 2.04. The van der Waals surface area contributed by atoms with Crippen molar-refractivity contribution < 1.29 is 18.6 Å². The van der Waals surface area contributed by atoms with Crippen molar-refractivity contribution in [3.05, 3.63) is 23.2 Å². The first-order chi connectivity index (χ1) is 10.3. The number of rotatable bonds is 12. The summed E-state index contributed by atoms with van der Waals surface area (Å²) in [5, 5.41) is 3.47. The summed E-state index contributed by atoms with van der Waals surface area (Å²) in [5.74, 6) is 1.93. The number of ether oxygens (including phenoxy) is 3. The predicted molar refractivity (Wildman–Crippen MR) is 80.3 cm³/mol. The maximum absolute atomic E-state index is 5.82. The van der Waals surface area contributed by atoms with Crippen LogP contribution in [0.4, 0.5) is 0 Å². The van der Waals surface area contributed by atoms with E-state index in [0.29, 0.717) is 39.1 Å². The molecular weight excluding hydrogens is 270 g/mol. The molecule has 5 heteroatoms. The van der Waals surface area contributed by atoms with E-state index < -0.39 is 0 Å². The Bertz CT molecular complexity index is 401. The van der Waals surface area contributed by atoms with E-state index in [2.05, 4.69) is 18.3 Å². The molecule has 0 atom stereocenters. The van der Waals surface area contributed by atoms with Gasteiger partial charge in [0.1, 0.15) is 18.1 Å². The number of nitrogens with one attached hydrogen (secondary N) is 1. The van der Waals surface area contributed by atoms with Gasteiger partial charge in [-0.1, -0.05) is 0 Å². The summed E-state index contributed by atoms with van der Waals surface area (Å²) >= 11 is 0. The Morgan fingerprint density at radius 2 is 2.00 bits per heavy atom. The first kappa shape index (κ1) is 16.5. The molecule has 120 valence electrons. The highest BCUT2D eigenvalue weighted by Gasteiger charge is 2.21. The van der Waals surface area contributed by atoms with Gasteiger partial charge in [0.15, 0.2) is 0 Å². The summed E-state index contributed by atoms with van der Waals surface area (Å²) < 4.78 is 21.7.